The molecule has 2 atom stereocenters. The van der Waals surface area contributed by atoms with Gasteiger partial charge in [-0.05, 0) is 31.0 Å². The summed E-state index contributed by atoms with van der Waals surface area (Å²) in [6.45, 7) is 2.34. The SMILES string of the molecule is O=C(NC1CC(F)(F)C1)c1ccc2n(c1=O)C[C@@H]1CNC[C@H]2C1. The lowest BCUT2D eigenvalue weighted by atomic mass is 9.84. The zero-order chi connectivity index (χ0) is 16.2. The number of fused-ring (bicyclic) bond motifs is 4. The number of hydrogen-bond donors (Lipinski definition) is 2. The lowest BCUT2D eigenvalue weighted by molar-refractivity contribution is -0.0901. The van der Waals surface area contributed by atoms with Crippen LogP contribution in [0, 0.1) is 5.92 Å². The summed E-state index contributed by atoms with van der Waals surface area (Å²) in [6.07, 6.45) is 0.372. The molecular weight excluding hydrogens is 304 g/mol. The van der Waals surface area contributed by atoms with Crippen molar-refractivity contribution in [3.05, 3.63) is 33.7 Å². The predicted octanol–water partition coefficient (Wildman–Crippen LogP) is 1.08. The number of amides is 1. The zero-order valence-electron chi connectivity index (χ0n) is 12.6. The highest BCUT2D eigenvalue weighted by molar-refractivity contribution is 5.94. The smallest absolute Gasteiger partial charge is 0.263 e. The van der Waals surface area contributed by atoms with Gasteiger partial charge in [-0.15, -0.1) is 0 Å². The third-order valence-electron chi connectivity index (χ3n) is 5.18. The summed E-state index contributed by atoms with van der Waals surface area (Å²) in [7, 11) is 0. The minimum Gasteiger partial charge on any atom is -0.349 e. The number of piperidine rings is 1. The Bertz CT molecular complexity index is 708. The largest absolute Gasteiger partial charge is 0.349 e. The number of alkyl halides is 2. The standard InChI is InChI=1S/C16H19F2N3O2/c17-16(18)4-11(5-16)20-14(22)12-1-2-13-10-3-9(6-19-7-10)8-21(13)15(12)23/h1-2,9-11,19H,3-8H2,(H,20,22)/t9-,10+/m0/s1. The van der Waals surface area contributed by atoms with Crippen LogP contribution in [0.15, 0.2) is 16.9 Å². The molecule has 0 spiro atoms. The molecule has 1 amide bonds. The lowest BCUT2D eigenvalue weighted by Gasteiger charge is -2.38. The molecule has 1 saturated carbocycles. The van der Waals surface area contributed by atoms with Gasteiger partial charge in [0.05, 0.1) is 0 Å². The molecule has 3 heterocycles. The van der Waals surface area contributed by atoms with Crippen LogP contribution < -0.4 is 16.2 Å². The first kappa shape index (κ1) is 14.8. The van der Waals surface area contributed by atoms with Crippen molar-refractivity contribution in [3.63, 3.8) is 0 Å². The third kappa shape index (κ3) is 2.56. The van der Waals surface area contributed by atoms with Gasteiger partial charge >= 0.3 is 0 Å². The minimum absolute atomic E-state index is 0.0527. The van der Waals surface area contributed by atoms with Crippen molar-refractivity contribution in [2.24, 2.45) is 5.92 Å². The number of pyridine rings is 1. The Morgan fingerprint density at radius 3 is 2.83 bits per heavy atom. The maximum Gasteiger partial charge on any atom is 0.263 e. The Labute approximate surface area is 132 Å². The van der Waals surface area contributed by atoms with Crippen LogP contribution in [0.25, 0.3) is 0 Å². The van der Waals surface area contributed by atoms with Crippen molar-refractivity contribution in [1.82, 2.24) is 15.2 Å². The van der Waals surface area contributed by atoms with Crippen molar-refractivity contribution >= 4 is 5.91 Å². The van der Waals surface area contributed by atoms with Crippen LogP contribution in [0.1, 0.15) is 41.2 Å². The van der Waals surface area contributed by atoms with E-state index in [9.17, 15) is 18.4 Å². The van der Waals surface area contributed by atoms with Crippen LogP contribution in [-0.4, -0.2) is 35.5 Å². The molecule has 1 aliphatic carbocycles. The van der Waals surface area contributed by atoms with Gasteiger partial charge in [-0.2, -0.15) is 0 Å². The monoisotopic (exact) mass is 323 g/mol. The second-order valence-corrected chi connectivity index (χ2v) is 6.98. The van der Waals surface area contributed by atoms with Gasteiger partial charge in [-0.1, -0.05) is 0 Å². The van der Waals surface area contributed by atoms with Crippen molar-refractivity contribution in [1.29, 1.82) is 0 Å². The van der Waals surface area contributed by atoms with Gasteiger partial charge in [-0.25, -0.2) is 8.78 Å². The van der Waals surface area contributed by atoms with Crippen LogP contribution in [0.5, 0.6) is 0 Å². The summed E-state index contributed by atoms with van der Waals surface area (Å²) in [6, 6.07) is 2.83. The van der Waals surface area contributed by atoms with E-state index in [1.165, 1.54) is 6.07 Å². The minimum atomic E-state index is -2.69. The molecular formula is C16H19F2N3O2. The van der Waals surface area contributed by atoms with Gasteiger partial charge in [0.25, 0.3) is 17.4 Å². The van der Waals surface area contributed by atoms with Crippen molar-refractivity contribution in [2.45, 2.75) is 43.7 Å². The predicted molar refractivity (Wildman–Crippen MR) is 79.9 cm³/mol. The van der Waals surface area contributed by atoms with E-state index in [1.54, 1.807) is 4.57 Å². The fraction of sp³-hybridized carbons (Fsp3) is 0.625. The quantitative estimate of drug-likeness (QED) is 0.856. The van der Waals surface area contributed by atoms with E-state index >= 15 is 0 Å². The molecule has 23 heavy (non-hydrogen) atoms. The highest BCUT2D eigenvalue weighted by Crippen LogP contribution is 2.37. The summed E-state index contributed by atoms with van der Waals surface area (Å²) in [4.78, 5) is 24.9. The van der Waals surface area contributed by atoms with Crippen LogP contribution in [0.2, 0.25) is 0 Å². The molecule has 2 fully saturated rings. The summed E-state index contributed by atoms with van der Waals surface area (Å²) in [5.41, 5.74) is 0.713. The van der Waals surface area contributed by atoms with Crippen molar-refractivity contribution in [3.8, 4) is 0 Å². The highest BCUT2D eigenvalue weighted by Gasteiger charge is 2.46. The Hall–Kier alpha value is -1.76. The maximum atomic E-state index is 12.9. The average Bonchev–Trinajstić information content (AvgIpc) is 2.47. The van der Waals surface area contributed by atoms with Crippen LogP contribution >= 0.6 is 0 Å². The van der Waals surface area contributed by atoms with Gasteiger partial charge in [0.2, 0.25) is 0 Å². The zero-order valence-corrected chi connectivity index (χ0v) is 12.6. The number of rotatable bonds is 2. The molecule has 3 aliphatic rings. The molecule has 1 aromatic heterocycles. The van der Waals surface area contributed by atoms with Crippen LogP contribution in [-0.2, 0) is 6.54 Å². The Kier molecular flexibility index (Phi) is 3.30. The Balaban J connectivity index is 1.57. The molecule has 2 aliphatic heterocycles. The normalized spacial score (nSPS) is 28.6. The fourth-order valence-corrected chi connectivity index (χ4v) is 3.99. The third-order valence-corrected chi connectivity index (χ3v) is 5.18. The summed E-state index contributed by atoms with van der Waals surface area (Å²) >= 11 is 0. The van der Waals surface area contributed by atoms with Crippen LogP contribution in [0.4, 0.5) is 8.78 Å². The van der Waals surface area contributed by atoms with Gasteiger partial charge < -0.3 is 15.2 Å². The molecule has 2 N–H and O–H groups in total. The summed E-state index contributed by atoms with van der Waals surface area (Å²) in [5, 5.41) is 5.91. The molecule has 1 aromatic rings. The maximum absolute atomic E-state index is 12.9. The molecule has 5 nitrogen and oxygen atoms in total. The number of nitrogens with one attached hydrogen (secondary N) is 2. The van der Waals surface area contributed by atoms with Crippen molar-refractivity contribution < 1.29 is 13.6 Å². The van der Waals surface area contributed by atoms with Gasteiger partial charge in [-0.3, -0.25) is 9.59 Å². The van der Waals surface area contributed by atoms with E-state index in [1.807, 2.05) is 6.07 Å². The fourth-order valence-electron chi connectivity index (χ4n) is 3.99. The number of carbonyl (C=O) groups is 1. The molecule has 0 radical (unpaired) electrons. The first-order valence-corrected chi connectivity index (χ1v) is 8.06. The molecule has 124 valence electrons. The van der Waals surface area contributed by atoms with E-state index < -0.39 is 17.9 Å². The molecule has 7 heteroatoms. The molecule has 1 saturated heterocycles. The second kappa shape index (κ2) is 5.12. The first-order chi connectivity index (χ1) is 10.9. The first-order valence-electron chi connectivity index (χ1n) is 8.06. The number of halogens is 2. The van der Waals surface area contributed by atoms with E-state index in [-0.39, 0.29) is 24.0 Å². The van der Waals surface area contributed by atoms with Crippen molar-refractivity contribution in [2.75, 3.05) is 13.1 Å². The van der Waals surface area contributed by atoms with Gasteiger partial charge in [0.1, 0.15) is 5.56 Å². The van der Waals surface area contributed by atoms with Gasteiger partial charge in [0.15, 0.2) is 0 Å². The summed E-state index contributed by atoms with van der Waals surface area (Å²) < 4.78 is 27.4. The van der Waals surface area contributed by atoms with Gasteiger partial charge in [0, 0.05) is 43.6 Å². The van der Waals surface area contributed by atoms with E-state index in [2.05, 4.69) is 10.6 Å². The number of hydrogen-bond acceptors (Lipinski definition) is 3. The summed E-state index contributed by atoms with van der Waals surface area (Å²) in [5.74, 6) is -2.52. The molecule has 0 unspecified atom stereocenters. The van der Waals surface area contributed by atoms with Crippen LogP contribution in [0.3, 0.4) is 0 Å². The molecule has 2 bridgehead atoms. The molecule has 0 aromatic carbocycles. The number of aromatic nitrogens is 1. The topological polar surface area (TPSA) is 63.1 Å². The van der Waals surface area contributed by atoms with E-state index in [4.69, 9.17) is 0 Å². The molecule has 4 rings (SSSR count). The highest BCUT2D eigenvalue weighted by atomic mass is 19.3. The lowest BCUT2D eigenvalue weighted by Crippen LogP contribution is -2.52. The number of nitrogens with zero attached hydrogens (tertiary/aromatic N) is 1. The second-order valence-electron chi connectivity index (χ2n) is 6.98. The van der Waals surface area contributed by atoms with E-state index in [0.29, 0.717) is 18.4 Å². The average molecular weight is 323 g/mol. The Morgan fingerprint density at radius 1 is 1.30 bits per heavy atom. The Morgan fingerprint density at radius 2 is 2.09 bits per heavy atom. The van der Waals surface area contributed by atoms with E-state index in [0.717, 1.165) is 25.2 Å². The number of carbonyl (C=O) groups excluding carboxylic acids is 1.